The van der Waals surface area contributed by atoms with Crippen LogP contribution in [0.1, 0.15) is 23.0 Å². The zero-order chi connectivity index (χ0) is 17.6. The Morgan fingerprint density at radius 1 is 1.24 bits per heavy atom. The molecule has 1 unspecified atom stereocenters. The molecule has 0 aliphatic carbocycles. The first-order chi connectivity index (χ1) is 12.0. The van der Waals surface area contributed by atoms with Crippen molar-refractivity contribution in [1.82, 2.24) is 5.16 Å². The molecule has 6 heteroatoms. The number of carbonyl (C=O) groups excluding carboxylic acids is 1. The number of hydrogen-bond acceptors (Lipinski definition) is 3. The first kappa shape index (κ1) is 16.0. The third kappa shape index (κ3) is 2.87. The molecular weight excluding hydrogens is 387 g/mol. The summed E-state index contributed by atoms with van der Waals surface area (Å²) < 4.78 is 19.3. The quantitative estimate of drug-likeness (QED) is 0.618. The number of amides is 1. The van der Waals surface area contributed by atoms with E-state index in [9.17, 15) is 9.18 Å². The lowest BCUT2D eigenvalue weighted by atomic mass is 10.1. The van der Waals surface area contributed by atoms with Crippen LogP contribution in [0.4, 0.5) is 10.1 Å². The largest absolute Gasteiger partial charge is 0.355 e. The monoisotopic (exact) mass is 400 g/mol. The number of fused-ring (bicyclic) bond motifs is 1. The maximum absolute atomic E-state index is 13.0. The highest BCUT2D eigenvalue weighted by molar-refractivity contribution is 9.10. The van der Waals surface area contributed by atoms with Gasteiger partial charge in [-0.2, -0.15) is 0 Å². The summed E-state index contributed by atoms with van der Waals surface area (Å²) in [5.74, 6) is -0.0925. The van der Waals surface area contributed by atoms with Gasteiger partial charge >= 0.3 is 0 Å². The van der Waals surface area contributed by atoms with E-state index < -0.39 is 0 Å². The van der Waals surface area contributed by atoms with Crippen molar-refractivity contribution in [3.05, 3.63) is 70.1 Å². The minimum absolute atomic E-state index is 0.0442. The Morgan fingerprint density at radius 3 is 2.76 bits per heavy atom. The molecule has 1 amide bonds. The summed E-state index contributed by atoms with van der Waals surface area (Å²) in [4.78, 5) is 14.7. The molecule has 0 fully saturated rings. The van der Waals surface area contributed by atoms with Gasteiger partial charge in [-0.15, -0.1) is 0 Å². The van der Waals surface area contributed by atoms with E-state index in [1.54, 1.807) is 23.1 Å². The Morgan fingerprint density at radius 2 is 2.00 bits per heavy atom. The summed E-state index contributed by atoms with van der Waals surface area (Å²) in [6.45, 7) is 2.01. The van der Waals surface area contributed by atoms with Crippen molar-refractivity contribution in [1.29, 1.82) is 0 Å². The summed E-state index contributed by atoms with van der Waals surface area (Å²) in [5, 5.41) is 3.92. The van der Waals surface area contributed by atoms with Crippen LogP contribution in [-0.2, 0) is 6.42 Å². The molecule has 0 saturated carbocycles. The van der Waals surface area contributed by atoms with Gasteiger partial charge in [-0.05, 0) is 61.4 Å². The summed E-state index contributed by atoms with van der Waals surface area (Å²) in [6.07, 6.45) is 0.795. The van der Waals surface area contributed by atoms with Crippen molar-refractivity contribution in [2.75, 3.05) is 4.90 Å². The predicted octanol–water partition coefficient (Wildman–Crippen LogP) is 4.83. The lowest BCUT2D eigenvalue weighted by Crippen LogP contribution is -2.35. The number of halogens is 2. The van der Waals surface area contributed by atoms with Gasteiger partial charge in [0.25, 0.3) is 5.91 Å². The maximum atomic E-state index is 13.0. The molecule has 2 heterocycles. The van der Waals surface area contributed by atoms with Gasteiger partial charge in [0.2, 0.25) is 0 Å². The highest BCUT2D eigenvalue weighted by Gasteiger charge is 2.33. The minimum Gasteiger partial charge on any atom is -0.355 e. The van der Waals surface area contributed by atoms with Gasteiger partial charge in [0.1, 0.15) is 5.82 Å². The van der Waals surface area contributed by atoms with Gasteiger partial charge in [0.05, 0.1) is 0 Å². The molecule has 0 radical (unpaired) electrons. The Labute approximate surface area is 152 Å². The zero-order valence-corrected chi connectivity index (χ0v) is 15.0. The molecule has 1 atom stereocenters. The Balaban J connectivity index is 1.65. The van der Waals surface area contributed by atoms with Crippen LogP contribution in [0.25, 0.3) is 11.3 Å². The van der Waals surface area contributed by atoms with E-state index in [4.69, 9.17) is 4.52 Å². The van der Waals surface area contributed by atoms with E-state index in [2.05, 4.69) is 21.1 Å². The average molecular weight is 401 g/mol. The van der Waals surface area contributed by atoms with Crippen molar-refractivity contribution in [2.24, 2.45) is 0 Å². The number of carbonyl (C=O) groups is 1. The fourth-order valence-corrected chi connectivity index (χ4v) is 3.57. The molecule has 0 bridgehead atoms. The molecule has 4 nitrogen and oxygen atoms in total. The third-order valence-electron chi connectivity index (χ3n) is 4.33. The number of nitrogens with zero attached hydrogens (tertiary/aromatic N) is 2. The van der Waals surface area contributed by atoms with Crippen LogP contribution in [0.2, 0.25) is 0 Å². The summed E-state index contributed by atoms with van der Waals surface area (Å²) in [6, 6.07) is 13.4. The highest BCUT2D eigenvalue weighted by Crippen LogP contribution is 2.35. The molecular formula is C19H14BrFN2O2. The lowest BCUT2D eigenvalue weighted by molar-refractivity contribution is 0.0973. The molecule has 1 aliphatic rings. The Bertz CT molecular complexity index is 952. The topological polar surface area (TPSA) is 46.3 Å². The summed E-state index contributed by atoms with van der Waals surface area (Å²) in [5.41, 5.74) is 2.93. The molecule has 1 aromatic heterocycles. The lowest BCUT2D eigenvalue weighted by Gasteiger charge is -2.21. The van der Waals surface area contributed by atoms with Crippen LogP contribution in [-0.4, -0.2) is 17.1 Å². The summed E-state index contributed by atoms with van der Waals surface area (Å²) >= 11 is 3.46. The molecule has 126 valence electrons. The fourth-order valence-electron chi connectivity index (χ4n) is 3.16. The molecule has 0 saturated heterocycles. The van der Waals surface area contributed by atoms with Crippen LogP contribution < -0.4 is 4.90 Å². The molecule has 25 heavy (non-hydrogen) atoms. The second-order valence-corrected chi connectivity index (χ2v) is 7.00. The van der Waals surface area contributed by atoms with Gasteiger partial charge in [0, 0.05) is 27.8 Å². The Kier molecular flexibility index (Phi) is 3.92. The number of anilines is 1. The van der Waals surface area contributed by atoms with Gasteiger partial charge in [-0.3, -0.25) is 4.79 Å². The first-order valence-corrected chi connectivity index (χ1v) is 8.67. The average Bonchev–Trinajstić information content (AvgIpc) is 3.19. The van der Waals surface area contributed by atoms with E-state index in [0.29, 0.717) is 11.3 Å². The second kappa shape index (κ2) is 6.11. The molecule has 4 rings (SSSR count). The van der Waals surface area contributed by atoms with Gasteiger partial charge in [-0.1, -0.05) is 21.1 Å². The van der Waals surface area contributed by atoms with Crippen molar-refractivity contribution in [3.63, 3.8) is 0 Å². The minimum atomic E-state index is -0.326. The summed E-state index contributed by atoms with van der Waals surface area (Å²) in [7, 11) is 0. The second-order valence-electron chi connectivity index (χ2n) is 6.08. The van der Waals surface area contributed by atoms with Crippen molar-refractivity contribution >= 4 is 27.5 Å². The van der Waals surface area contributed by atoms with Gasteiger partial charge < -0.3 is 9.42 Å². The van der Waals surface area contributed by atoms with Crippen LogP contribution in [0, 0.1) is 5.82 Å². The van der Waals surface area contributed by atoms with Crippen LogP contribution in [0.15, 0.2) is 57.5 Å². The highest BCUT2D eigenvalue weighted by atomic mass is 79.9. The zero-order valence-electron chi connectivity index (χ0n) is 13.4. The van der Waals surface area contributed by atoms with Gasteiger partial charge in [0.15, 0.2) is 11.5 Å². The number of benzene rings is 2. The molecule has 3 aromatic rings. The Hall–Kier alpha value is -2.47. The maximum Gasteiger partial charge on any atom is 0.280 e. The SMILES string of the molecule is CC1Cc2cc(Br)ccc2N1C(=O)c1cc(-c2ccc(F)cc2)on1. The molecule has 0 spiro atoms. The van der Waals surface area contributed by atoms with Crippen molar-refractivity contribution < 1.29 is 13.7 Å². The molecule has 0 N–H and O–H groups in total. The third-order valence-corrected chi connectivity index (χ3v) is 4.83. The van der Waals surface area contributed by atoms with E-state index in [-0.39, 0.29) is 23.5 Å². The smallest absolute Gasteiger partial charge is 0.280 e. The molecule has 1 aliphatic heterocycles. The number of rotatable bonds is 2. The van der Waals surface area contributed by atoms with Crippen molar-refractivity contribution in [3.8, 4) is 11.3 Å². The predicted molar refractivity (Wildman–Crippen MR) is 96.0 cm³/mol. The van der Waals surface area contributed by atoms with Gasteiger partial charge in [-0.25, -0.2) is 4.39 Å². The number of hydrogen-bond donors (Lipinski definition) is 0. The first-order valence-electron chi connectivity index (χ1n) is 7.87. The van der Waals surface area contributed by atoms with E-state index >= 15 is 0 Å². The van der Waals surface area contributed by atoms with Crippen LogP contribution in [0.5, 0.6) is 0 Å². The fraction of sp³-hybridized carbons (Fsp3) is 0.158. The van der Waals surface area contributed by atoms with E-state index in [0.717, 1.165) is 22.1 Å². The van der Waals surface area contributed by atoms with Crippen molar-refractivity contribution in [2.45, 2.75) is 19.4 Å². The van der Waals surface area contributed by atoms with Crippen LogP contribution >= 0.6 is 15.9 Å². The normalized spacial score (nSPS) is 16.1. The van der Waals surface area contributed by atoms with E-state index in [1.165, 1.54) is 12.1 Å². The van der Waals surface area contributed by atoms with Crippen LogP contribution in [0.3, 0.4) is 0 Å². The van der Waals surface area contributed by atoms with E-state index in [1.807, 2.05) is 25.1 Å². The standard InChI is InChI=1S/C19H14BrFN2O2/c1-11-8-13-9-14(20)4-7-17(13)23(11)19(24)16-10-18(25-22-16)12-2-5-15(21)6-3-12/h2-7,9-11H,8H2,1H3. The molecule has 2 aromatic carbocycles. The number of aromatic nitrogens is 1.